The van der Waals surface area contributed by atoms with Gasteiger partial charge in [-0.15, -0.1) is 10.2 Å². The number of ether oxygens (including phenoxy) is 1. The average molecular weight is 464 g/mol. The van der Waals surface area contributed by atoms with Crippen LogP contribution < -0.4 is 10.1 Å². The third-order valence-electron chi connectivity index (χ3n) is 6.66. The van der Waals surface area contributed by atoms with E-state index in [0.29, 0.717) is 48.3 Å². The van der Waals surface area contributed by atoms with Crippen LogP contribution in [0.15, 0.2) is 58.9 Å². The van der Waals surface area contributed by atoms with E-state index >= 15 is 0 Å². The Bertz CT molecular complexity index is 1120. The van der Waals surface area contributed by atoms with E-state index in [1.807, 2.05) is 41.9 Å². The van der Waals surface area contributed by atoms with Crippen LogP contribution >= 0.6 is 0 Å². The summed E-state index contributed by atoms with van der Waals surface area (Å²) in [5, 5.41) is 11.5. The third kappa shape index (κ3) is 5.73. The van der Waals surface area contributed by atoms with E-state index in [-0.39, 0.29) is 18.4 Å². The number of hydrogen-bond acceptors (Lipinski definition) is 6. The van der Waals surface area contributed by atoms with Gasteiger partial charge < -0.3 is 19.0 Å². The summed E-state index contributed by atoms with van der Waals surface area (Å²) in [4.78, 5) is 16.5. The van der Waals surface area contributed by atoms with Crippen molar-refractivity contribution in [2.75, 3.05) is 13.2 Å². The van der Waals surface area contributed by atoms with E-state index in [4.69, 9.17) is 9.15 Å². The highest BCUT2D eigenvalue weighted by atomic mass is 16.5. The highest BCUT2D eigenvalue weighted by Crippen LogP contribution is 2.38. The van der Waals surface area contributed by atoms with Crippen molar-refractivity contribution in [3.63, 3.8) is 0 Å². The van der Waals surface area contributed by atoms with Crippen LogP contribution in [0.5, 0.6) is 5.75 Å². The van der Waals surface area contributed by atoms with Crippen LogP contribution in [0.2, 0.25) is 0 Å². The summed E-state index contributed by atoms with van der Waals surface area (Å²) in [7, 11) is 1.90. The molecule has 4 rings (SSSR count). The molecule has 34 heavy (non-hydrogen) atoms. The van der Waals surface area contributed by atoms with Gasteiger partial charge in [0.2, 0.25) is 5.89 Å². The summed E-state index contributed by atoms with van der Waals surface area (Å²) < 4.78 is 13.4. The lowest BCUT2D eigenvalue weighted by Crippen LogP contribution is -2.38. The molecular formula is C26H33N5O3. The number of aromatic nitrogens is 4. The van der Waals surface area contributed by atoms with Crippen LogP contribution in [-0.4, -0.2) is 38.8 Å². The Labute approximate surface area is 200 Å². The van der Waals surface area contributed by atoms with E-state index in [9.17, 15) is 4.79 Å². The number of hydrogen-bond donors (Lipinski definition) is 1. The predicted molar refractivity (Wildman–Crippen MR) is 129 cm³/mol. The van der Waals surface area contributed by atoms with Crippen molar-refractivity contribution in [3.8, 4) is 17.3 Å². The molecule has 8 nitrogen and oxygen atoms in total. The van der Waals surface area contributed by atoms with Crippen LogP contribution in [0, 0.1) is 23.7 Å². The number of carbonyl (C=O) groups excluding carboxylic acids is 1. The van der Waals surface area contributed by atoms with Gasteiger partial charge in [0.1, 0.15) is 11.4 Å². The van der Waals surface area contributed by atoms with Crippen molar-refractivity contribution >= 4 is 5.91 Å². The predicted octanol–water partition coefficient (Wildman–Crippen LogP) is 4.06. The first-order valence-electron chi connectivity index (χ1n) is 11.8. The number of imidazole rings is 1. The summed E-state index contributed by atoms with van der Waals surface area (Å²) in [5.41, 5.74) is 2.11. The molecule has 0 saturated heterocycles. The summed E-state index contributed by atoms with van der Waals surface area (Å²) in [5.74, 6) is 3.28. The number of nitrogens with zero attached hydrogens (tertiary/aromatic N) is 4. The number of nitrogens with one attached hydrogen (secondary N) is 1. The van der Waals surface area contributed by atoms with E-state index < -0.39 is 0 Å². The molecule has 3 atom stereocenters. The molecule has 1 amide bonds. The lowest BCUT2D eigenvalue weighted by atomic mass is 9.70. The lowest BCUT2D eigenvalue weighted by molar-refractivity contribution is -0.123. The molecule has 0 aliphatic heterocycles. The zero-order chi connectivity index (χ0) is 24.1. The van der Waals surface area contributed by atoms with Crippen LogP contribution in [0.1, 0.15) is 33.1 Å². The van der Waals surface area contributed by atoms with E-state index in [1.54, 1.807) is 12.5 Å². The Morgan fingerprint density at radius 2 is 2.06 bits per heavy atom. The van der Waals surface area contributed by atoms with Gasteiger partial charge in [0.25, 0.3) is 11.8 Å². The minimum Gasteiger partial charge on any atom is -0.484 e. The fourth-order valence-corrected chi connectivity index (χ4v) is 4.67. The molecule has 0 saturated carbocycles. The molecule has 0 radical (unpaired) electrons. The fourth-order valence-electron chi connectivity index (χ4n) is 4.67. The first-order valence-corrected chi connectivity index (χ1v) is 11.8. The molecule has 0 spiro atoms. The highest BCUT2D eigenvalue weighted by molar-refractivity contribution is 5.77. The topological polar surface area (TPSA) is 95.1 Å². The number of amides is 1. The molecule has 2 aromatic heterocycles. The van der Waals surface area contributed by atoms with Crippen LogP contribution in [0.25, 0.3) is 11.6 Å². The Balaban J connectivity index is 1.36. The molecule has 180 valence electrons. The van der Waals surface area contributed by atoms with Gasteiger partial charge in [-0.2, -0.15) is 0 Å². The molecule has 2 heterocycles. The van der Waals surface area contributed by atoms with Gasteiger partial charge in [-0.1, -0.05) is 43.7 Å². The molecule has 0 bridgehead atoms. The molecule has 3 unspecified atom stereocenters. The average Bonchev–Trinajstić information content (AvgIpc) is 3.46. The second kappa shape index (κ2) is 10.7. The highest BCUT2D eigenvalue weighted by Gasteiger charge is 2.32. The number of carbonyl (C=O) groups is 1. The Morgan fingerprint density at radius 1 is 1.26 bits per heavy atom. The maximum Gasteiger partial charge on any atom is 0.265 e. The fraction of sp³-hybridized carbons (Fsp3) is 0.462. The maximum atomic E-state index is 12.4. The molecule has 1 aliphatic carbocycles. The molecular weight excluding hydrogens is 430 g/mol. The van der Waals surface area contributed by atoms with Gasteiger partial charge >= 0.3 is 0 Å². The smallest absolute Gasteiger partial charge is 0.265 e. The van der Waals surface area contributed by atoms with Crippen LogP contribution in [0.3, 0.4) is 0 Å². The molecule has 3 aromatic rings. The molecule has 1 aromatic carbocycles. The zero-order valence-electron chi connectivity index (χ0n) is 20.3. The number of allylic oxidation sites excluding steroid dienone is 1. The molecule has 0 fully saturated rings. The van der Waals surface area contributed by atoms with E-state index in [1.165, 1.54) is 5.57 Å². The minimum atomic E-state index is -0.104. The largest absolute Gasteiger partial charge is 0.484 e. The monoisotopic (exact) mass is 463 g/mol. The summed E-state index contributed by atoms with van der Waals surface area (Å²) in [6.07, 6.45) is 7.48. The zero-order valence-corrected chi connectivity index (χ0v) is 20.3. The Morgan fingerprint density at radius 3 is 2.76 bits per heavy atom. The molecule has 1 N–H and O–H groups in total. The van der Waals surface area contributed by atoms with Gasteiger partial charge in [-0.3, -0.25) is 4.79 Å². The molecule has 1 aliphatic rings. The number of rotatable bonds is 9. The summed E-state index contributed by atoms with van der Waals surface area (Å²) in [6, 6.07) is 9.39. The van der Waals surface area contributed by atoms with Gasteiger partial charge in [0, 0.05) is 20.0 Å². The number of aryl methyl sites for hydroxylation is 1. The normalized spacial score (nSPS) is 20.3. The van der Waals surface area contributed by atoms with E-state index in [0.717, 1.165) is 12.1 Å². The lowest BCUT2D eigenvalue weighted by Gasteiger charge is -2.37. The Hall–Kier alpha value is -3.42. The van der Waals surface area contributed by atoms with Gasteiger partial charge in [-0.25, -0.2) is 4.98 Å². The van der Waals surface area contributed by atoms with Crippen LogP contribution in [-0.2, 0) is 18.3 Å². The first kappa shape index (κ1) is 23.7. The van der Waals surface area contributed by atoms with Crippen LogP contribution in [0.4, 0.5) is 0 Å². The van der Waals surface area contributed by atoms with Gasteiger partial charge in [-0.05, 0) is 49.1 Å². The van der Waals surface area contributed by atoms with Crippen molar-refractivity contribution < 1.29 is 13.9 Å². The summed E-state index contributed by atoms with van der Waals surface area (Å²) >= 11 is 0. The van der Waals surface area contributed by atoms with Crippen molar-refractivity contribution in [3.05, 3.63) is 60.4 Å². The van der Waals surface area contributed by atoms with Gasteiger partial charge in [0.05, 0.1) is 12.5 Å². The van der Waals surface area contributed by atoms with Crippen molar-refractivity contribution in [1.29, 1.82) is 0 Å². The third-order valence-corrected chi connectivity index (χ3v) is 6.66. The number of para-hydroxylation sites is 1. The van der Waals surface area contributed by atoms with Gasteiger partial charge in [0.15, 0.2) is 6.61 Å². The van der Waals surface area contributed by atoms with Crippen molar-refractivity contribution in [2.24, 2.45) is 30.7 Å². The molecule has 8 heteroatoms. The maximum absolute atomic E-state index is 12.4. The second-order valence-electron chi connectivity index (χ2n) is 9.42. The SMILES string of the molecule is CC1=CC(CNC(=O)COc2ccccc2)C(C(C)C)CC1Cc1nnc(-c2cncn2C)o1. The standard InChI is InChI=1S/C26H33N5O3/c1-17(2)22-11-19(12-25-29-30-26(34-25)23-14-27-16-31(23)4)18(3)10-20(22)13-28-24(32)15-33-21-8-6-5-7-9-21/h5-10,14,16-17,19-20,22H,11-13,15H2,1-4H3,(H,28,32). The number of benzene rings is 1. The quantitative estimate of drug-likeness (QED) is 0.481. The van der Waals surface area contributed by atoms with Crippen molar-refractivity contribution in [2.45, 2.75) is 33.6 Å². The van der Waals surface area contributed by atoms with Crippen molar-refractivity contribution in [1.82, 2.24) is 25.1 Å². The minimum absolute atomic E-state index is 0.0184. The first-order chi connectivity index (χ1) is 16.4. The van der Waals surface area contributed by atoms with E-state index in [2.05, 4.69) is 47.3 Å². The Kier molecular flexibility index (Phi) is 7.45. The summed E-state index contributed by atoms with van der Waals surface area (Å²) in [6.45, 7) is 7.28. The second-order valence-corrected chi connectivity index (χ2v) is 9.42.